The Morgan fingerprint density at radius 2 is 2.05 bits per heavy atom. The fraction of sp³-hybridized carbons (Fsp3) is 0.833. The zero-order valence-corrected chi connectivity index (χ0v) is 14.1. The van der Waals surface area contributed by atoms with Crippen molar-refractivity contribution in [3.63, 3.8) is 0 Å². The second-order valence-corrected chi connectivity index (χ2v) is 6.92. The van der Waals surface area contributed by atoms with Crippen LogP contribution in [-0.2, 0) is 6.42 Å². The van der Waals surface area contributed by atoms with Crippen molar-refractivity contribution in [1.29, 1.82) is 0 Å². The summed E-state index contributed by atoms with van der Waals surface area (Å²) < 4.78 is 2.07. The van der Waals surface area contributed by atoms with Gasteiger partial charge in [-0.3, -0.25) is 4.68 Å². The first-order valence-corrected chi connectivity index (χ1v) is 8.96. The largest absolute Gasteiger partial charge is 0.314 e. The quantitative estimate of drug-likeness (QED) is 0.772. The molecule has 0 aromatic carbocycles. The van der Waals surface area contributed by atoms with Crippen LogP contribution >= 0.6 is 0 Å². The number of nitrogens with one attached hydrogen (secondary N) is 1. The maximum atomic E-state index is 4.70. The van der Waals surface area contributed by atoms with Crippen molar-refractivity contribution in [2.45, 2.75) is 84.2 Å². The Labute approximate surface area is 130 Å². The van der Waals surface area contributed by atoms with Crippen LogP contribution in [0.3, 0.4) is 0 Å². The van der Waals surface area contributed by atoms with Crippen LogP contribution in [0, 0.1) is 5.92 Å². The highest BCUT2D eigenvalue weighted by atomic mass is 15.3. The second kappa shape index (κ2) is 8.57. The molecule has 1 atom stereocenters. The number of likely N-dealkylation sites (N-methyl/N-ethyl adjacent to an activating group) is 1. The van der Waals surface area contributed by atoms with Gasteiger partial charge in [-0.25, -0.2) is 0 Å². The van der Waals surface area contributed by atoms with E-state index >= 15 is 0 Å². The van der Waals surface area contributed by atoms with Gasteiger partial charge in [0.2, 0.25) is 0 Å². The third kappa shape index (κ3) is 5.46. The molecule has 1 aliphatic carbocycles. The topological polar surface area (TPSA) is 29.9 Å². The molecule has 3 heteroatoms. The van der Waals surface area contributed by atoms with Crippen LogP contribution in [0.15, 0.2) is 12.3 Å². The first-order chi connectivity index (χ1) is 10.2. The molecule has 1 heterocycles. The van der Waals surface area contributed by atoms with Crippen molar-refractivity contribution in [1.82, 2.24) is 15.1 Å². The minimum Gasteiger partial charge on any atom is -0.314 e. The van der Waals surface area contributed by atoms with Crippen molar-refractivity contribution in [3.05, 3.63) is 18.0 Å². The van der Waals surface area contributed by atoms with Gasteiger partial charge < -0.3 is 5.32 Å². The van der Waals surface area contributed by atoms with Crippen LogP contribution in [0.1, 0.15) is 77.5 Å². The molecule has 1 unspecified atom stereocenters. The van der Waals surface area contributed by atoms with Gasteiger partial charge in [-0.1, -0.05) is 39.0 Å². The maximum absolute atomic E-state index is 4.70. The summed E-state index contributed by atoms with van der Waals surface area (Å²) in [7, 11) is 0. The highest BCUT2D eigenvalue weighted by molar-refractivity contribution is 5.02. The molecule has 21 heavy (non-hydrogen) atoms. The minimum absolute atomic E-state index is 0.457. The summed E-state index contributed by atoms with van der Waals surface area (Å²) >= 11 is 0. The number of nitrogens with zero attached hydrogens (tertiary/aromatic N) is 2. The Hall–Kier alpha value is -0.830. The van der Waals surface area contributed by atoms with E-state index in [0.29, 0.717) is 12.1 Å². The van der Waals surface area contributed by atoms with Gasteiger partial charge >= 0.3 is 0 Å². The summed E-state index contributed by atoms with van der Waals surface area (Å²) in [6.07, 6.45) is 13.2. The number of rotatable bonds is 8. The van der Waals surface area contributed by atoms with E-state index in [4.69, 9.17) is 5.10 Å². The minimum atomic E-state index is 0.457. The molecular weight excluding hydrogens is 258 g/mol. The van der Waals surface area contributed by atoms with Gasteiger partial charge in [0.15, 0.2) is 0 Å². The molecule has 0 amide bonds. The molecule has 0 spiro atoms. The van der Waals surface area contributed by atoms with Crippen molar-refractivity contribution >= 4 is 0 Å². The molecule has 1 N–H and O–H groups in total. The van der Waals surface area contributed by atoms with Crippen molar-refractivity contribution in [2.24, 2.45) is 5.92 Å². The molecule has 1 aliphatic rings. The van der Waals surface area contributed by atoms with E-state index in [0.717, 1.165) is 18.9 Å². The number of aromatic nitrogens is 2. The molecule has 1 aromatic heterocycles. The number of hydrogen-bond donors (Lipinski definition) is 1. The smallest absolute Gasteiger partial charge is 0.0640 e. The SMILES string of the molecule is CCNC(CCC1CCCCC1)Cc1ccn(C(C)C)n1. The number of hydrogen-bond acceptors (Lipinski definition) is 2. The predicted octanol–water partition coefficient (Wildman–Crippen LogP) is 4.35. The molecule has 1 aromatic rings. The lowest BCUT2D eigenvalue weighted by atomic mass is 9.85. The summed E-state index contributed by atoms with van der Waals surface area (Å²) in [5.41, 5.74) is 1.23. The Morgan fingerprint density at radius 3 is 2.67 bits per heavy atom. The highest BCUT2D eigenvalue weighted by Crippen LogP contribution is 2.28. The molecule has 1 fully saturated rings. The summed E-state index contributed by atoms with van der Waals surface area (Å²) in [5.74, 6) is 0.980. The molecule has 0 aliphatic heterocycles. The zero-order chi connectivity index (χ0) is 15.1. The molecule has 120 valence electrons. The zero-order valence-electron chi connectivity index (χ0n) is 14.1. The van der Waals surface area contributed by atoms with Gasteiger partial charge in [-0.05, 0) is 45.2 Å². The van der Waals surface area contributed by atoms with Gasteiger partial charge in [0.25, 0.3) is 0 Å². The van der Waals surface area contributed by atoms with E-state index < -0.39 is 0 Å². The molecule has 3 nitrogen and oxygen atoms in total. The molecule has 1 saturated carbocycles. The predicted molar refractivity (Wildman–Crippen MR) is 89.6 cm³/mol. The standard InChI is InChI=1S/C18H33N3/c1-4-19-17(11-10-16-8-6-5-7-9-16)14-18-12-13-21(20-18)15(2)3/h12-13,15-17,19H,4-11,14H2,1-3H3. The fourth-order valence-electron chi connectivity index (χ4n) is 3.50. The van der Waals surface area contributed by atoms with Crippen LogP contribution in [-0.4, -0.2) is 22.4 Å². The fourth-order valence-corrected chi connectivity index (χ4v) is 3.50. The molecule has 0 radical (unpaired) electrons. The van der Waals surface area contributed by atoms with Gasteiger partial charge in [0, 0.05) is 24.7 Å². The normalized spacial score (nSPS) is 18.3. The van der Waals surface area contributed by atoms with Crippen LogP contribution in [0.4, 0.5) is 0 Å². The van der Waals surface area contributed by atoms with E-state index in [-0.39, 0.29) is 0 Å². The van der Waals surface area contributed by atoms with Crippen molar-refractivity contribution in [2.75, 3.05) is 6.54 Å². The van der Waals surface area contributed by atoms with E-state index in [1.54, 1.807) is 0 Å². The monoisotopic (exact) mass is 291 g/mol. The van der Waals surface area contributed by atoms with Crippen molar-refractivity contribution < 1.29 is 0 Å². The van der Waals surface area contributed by atoms with Crippen LogP contribution < -0.4 is 5.32 Å². The summed E-state index contributed by atoms with van der Waals surface area (Å²) in [6, 6.07) is 3.23. The van der Waals surface area contributed by atoms with Gasteiger partial charge in [-0.15, -0.1) is 0 Å². The molecular formula is C18H33N3. The van der Waals surface area contributed by atoms with Gasteiger partial charge in [0.05, 0.1) is 5.69 Å². The van der Waals surface area contributed by atoms with Gasteiger partial charge in [-0.2, -0.15) is 5.10 Å². The maximum Gasteiger partial charge on any atom is 0.0640 e. The Morgan fingerprint density at radius 1 is 1.29 bits per heavy atom. The summed E-state index contributed by atoms with van der Waals surface area (Å²) in [4.78, 5) is 0. The molecule has 2 rings (SSSR count). The van der Waals surface area contributed by atoms with Crippen molar-refractivity contribution in [3.8, 4) is 0 Å². The molecule has 0 bridgehead atoms. The van der Waals surface area contributed by atoms with E-state index in [2.05, 4.69) is 43.0 Å². The summed E-state index contributed by atoms with van der Waals surface area (Å²) in [6.45, 7) is 7.63. The lowest BCUT2D eigenvalue weighted by Gasteiger charge is -2.24. The van der Waals surface area contributed by atoms with Crippen LogP contribution in [0.25, 0.3) is 0 Å². The second-order valence-electron chi connectivity index (χ2n) is 6.92. The van der Waals surface area contributed by atoms with Gasteiger partial charge in [0.1, 0.15) is 0 Å². The first-order valence-electron chi connectivity index (χ1n) is 8.96. The average Bonchev–Trinajstić information content (AvgIpc) is 2.95. The summed E-state index contributed by atoms with van der Waals surface area (Å²) in [5, 5.41) is 8.36. The Bertz CT molecular complexity index is 391. The van der Waals surface area contributed by atoms with Crippen LogP contribution in [0.5, 0.6) is 0 Å². The lowest BCUT2D eigenvalue weighted by molar-refractivity contribution is 0.312. The third-order valence-electron chi connectivity index (χ3n) is 4.79. The Balaban J connectivity index is 1.82. The average molecular weight is 291 g/mol. The third-order valence-corrected chi connectivity index (χ3v) is 4.79. The van der Waals surface area contributed by atoms with E-state index in [1.807, 2.05) is 0 Å². The molecule has 0 saturated heterocycles. The van der Waals surface area contributed by atoms with Crippen LogP contribution in [0.2, 0.25) is 0 Å². The van der Waals surface area contributed by atoms with E-state index in [1.165, 1.54) is 50.6 Å². The lowest BCUT2D eigenvalue weighted by Crippen LogP contribution is -2.31. The first kappa shape index (κ1) is 16.5. The van der Waals surface area contributed by atoms with E-state index in [9.17, 15) is 0 Å². The Kier molecular flexibility index (Phi) is 6.75. The highest BCUT2D eigenvalue weighted by Gasteiger charge is 2.17.